The zero-order chi connectivity index (χ0) is 22.2. The highest BCUT2D eigenvalue weighted by Crippen LogP contribution is 2.44. The molecule has 1 unspecified atom stereocenters. The molecule has 4 nitrogen and oxygen atoms in total. The molecule has 2 aromatic carbocycles. The lowest BCUT2D eigenvalue weighted by molar-refractivity contribution is 0.103. The van der Waals surface area contributed by atoms with Gasteiger partial charge in [-0.3, -0.25) is 4.79 Å². The molecule has 0 aliphatic heterocycles. The summed E-state index contributed by atoms with van der Waals surface area (Å²) >= 11 is 6.38. The normalized spacial score (nSPS) is 22.4. The first-order valence-corrected chi connectivity index (χ1v) is 10.9. The van der Waals surface area contributed by atoms with E-state index in [1.165, 1.54) is 12.1 Å². The lowest BCUT2D eigenvalue weighted by atomic mass is 9.64. The van der Waals surface area contributed by atoms with Crippen molar-refractivity contribution in [3.05, 3.63) is 75.2 Å². The molecule has 1 aliphatic carbocycles. The number of aromatic nitrogens is 1. The molecule has 0 radical (unpaired) electrons. The molecule has 4 rings (SSSR count). The van der Waals surface area contributed by atoms with Crippen LogP contribution in [0.3, 0.4) is 0 Å². The highest BCUT2D eigenvalue weighted by Gasteiger charge is 2.42. The first-order chi connectivity index (χ1) is 14.8. The Balaban J connectivity index is 1.56. The van der Waals surface area contributed by atoms with E-state index in [4.69, 9.17) is 22.1 Å². The number of aromatic amines is 1. The minimum atomic E-state index is -0.856. The molecule has 1 fully saturated rings. The fourth-order valence-corrected chi connectivity index (χ4v) is 4.96. The summed E-state index contributed by atoms with van der Waals surface area (Å²) in [5, 5.41) is 1.64. The average Bonchev–Trinajstić information content (AvgIpc) is 2.77. The Bertz CT molecular complexity index is 1160. The van der Waals surface area contributed by atoms with E-state index in [0.717, 1.165) is 17.4 Å². The standard InChI is InChI=1S/C24H25ClF2N2O2/c1-2-22(28)24(15-3-4-19(26)20(27)12-15)8-5-16(6-9-24)31-21-11-14-7-10-29-23(30)17(14)13-18(21)25/h3-4,7,10-13,16,22H,2,5-6,8-9,28H2,1H3,(H,29,30)/t16-,22?,24+. The summed E-state index contributed by atoms with van der Waals surface area (Å²) in [6.07, 6.45) is 5.04. The number of benzene rings is 2. The molecule has 1 atom stereocenters. The maximum absolute atomic E-state index is 14.0. The van der Waals surface area contributed by atoms with Crippen molar-refractivity contribution in [3.63, 3.8) is 0 Å². The molecule has 164 valence electrons. The van der Waals surface area contributed by atoms with E-state index in [1.807, 2.05) is 6.92 Å². The van der Waals surface area contributed by atoms with Gasteiger partial charge in [0.25, 0.3) is 5.56 Å². The van der Waals surface area contributed by atoms with Gasteiger partial charge in [-0.1, -0.05) is 24.6 Å². The quantitative estimate of drug-likeness (QED) is 0.547. The molecule has 1 aromatic heterocycles. The smallest absolute Gasteiger partial charge is 0.255 e. The van der Waals surface area contributed by atoms with E-state index in [2.05, 4.69) is 4.98 Å². The topological polar surface area (TPSA) is 68.1 Å². The summed E-state index contributed by atoms with van der Waals surface area (Å²) in [6, 6.07) is 9.13. The van der Waals surface area contributed by atoms with E-state index in [9.17, 15) is 13.6 Å². The maximum Gasteiger partial charge on any atom is 0.255 e. The van der Waals surface area contributed by atoms with Crippen LogP contribution in [0, 0.1) is 11.6 Å². The van der Waals surface area contributed by atoms with Crippen LogP contribution >= 0.6 is 11.6 Å². The van der Waals surface area contributed by atoms with Gasteiger partial charge in [0.05, 0.1) is 11.1 Å². The highest BCUT2D eigenvalue weighted by molar-refractivity contribution is 6.32. The summed E-state index contributed by atoms with van der Waals surface area (Å²) in [4.78, 5) is 14.6. The molecule has 3 N–H and O–H groups in total. The Kier molecular flexibility index (Phi) is 6.04. The third-order valence-electron chi connectivity index (χ3n) is 6.59. The van der Waals surface area contributed by atoms with Crippen molar-refractivity contribution in [2.75, 3.05) is 0 Å². The maximum atomic E-state index is 14.0. The molecule has 3 aromatic rings. The molecule has 0 bridgehead atoms. The Hall–Kier alpha value is -2.44. The van der Waals surface area contributed by atoms with Gasteiger partial charge in [0.15, 0.2) is 11.6 Å². The largest absolute Gasteiger partial charge is 0.489 e. The van der Waals surface area contributed by atoms with Gasteiger partial charge in [0, 0.05) is 23.0 Å². The Morgan fingerprint density at radius 1 is 1.19 bits per heavy atom. The fourth-order valence-electron chi connectivity index (χ4n) is 4.75. The van der Waals surface area contributed by atoms with Crippen LogP contribution in [0.1, 0.15) is 44.6 Å². The minimum absolute atomic E-state index is 0.0839. The second-order valence-corrected chi connectivity index (χ2v) is 8.70. The summed E-state index contributed by atoms with van der Waals surface area (Å²) in [7, 11) is 0. The number of nitrogens with one attached hydrogen (secondary N) is 1. The summed E-state index contributed by atoms with van der Waals surface area (Å²) in [5.41, 5.74) is 6.60. The second kappa shape index (κ2) is 8.60. The highest BCUT2D eigenvalue weighted by atomic mass is 35.5. The van der Waals surface area contributed by atoms with E-state index in [1.54, 1.807) is 30.5 Å². The lowest BCUT2D eigenvalue weighted by Crippen LogP contribution is -2.49. The Labute approximate surface area is 184 Å². The molecular weight excluding hydrogens is 422 g/mol. The van der Waals surface area contributed by atoms with Crippen LogP contribution in [-0.4, -0.2) is 17.1 Å². The first-order valence-electron chi connectivity index (χ1n) is 10.5. The molecule has 31 heavy (non-hydrogen) atoms. The molecule has 0 amide bonds. The molecule has 1 heterocycles. The van der Waals surface area contributed by atoms with Gasteiger partial charge in [-0.2, -0.15) is 0 Å². The van der Waals surface area contributed by atoms with Gasteiger partial charge in [0.1, 0.15) is 5.75 Å². The second-order valence-electron chi connectivity index (χ2n) is 8.29. The van der Waals surface area contributed by atoms with E-state index in [-0.39, 0.29) is 17.7 Å². The monoisotopic (exact) mass is 446 g/mol. The molecule has 0 spiro atoms. The van der Waals surface area contributed by atoms with Gasteiger partial charge in [0.2, 0.25) is 0 Å². The number of hydrogen-bond acceptors (Lipinski definition) is 3. The number of H-pyrrole nitrogens is 1. The van der Waals surface area contributed by atoms with Gasteiger partial charge < -0.3 is 15.5 Å². The van der Waals surface area contributed by atoms with Crippen LogP contribution < -0.4 is 16.0 Å². The van der Waals surface area contributed by atoms with Crippen LogP contribution in [0.4, 0.5) is 8.78 Å². The van der Waals surface area contributed by atoms with Crippen LogP contribution in [0.2, 0.25) is 5.02 Å². The third kappa shape index (κ3) is 4.06. The average molecular weight is 447 g/mol. The van der Waals surface area contributed by atoms with Gasteiger partial charge in [-0.25, -0.2) is 8.78 Å². The van der Waals surface area contributed by atoms with Gasteiger partial charge in [-0.15, -0.1) is 0 Å². The molecule has 1 saturated carbocycles. The van der Waals surface area contributed by atoms with Crippen molar-refractivity contribution in [1.82, 2.24) is 4.98 Å². The van der Waals surface area contributed by atoms with Crippen LogP contribution in [0.5, 0.6) is 5.75 Å². The van der Waals surface area contributed by atoms with Crippen molar-refractivity contribution in [2.45, 2.75) is 56.6 Å². The molecular formula is C24H25ClF2N2O2. The lowest BCUT2D eigenvalue weighted by Gasteiger charge is -2.44. The van der Waals surface area contributed by atoms with E-state index >= 15 is 0 Å². The Morgan fingerprint density at radius 3 is 2.61 bits per heavy atom. The number of halogens is 3. The number of ether oxygens (including phenoxy) is 1. The van der Waals surface area contributed by atoms with Crippen molar-refractivity contribution >= 4 is 22.4 Å². The van der Waals surface area contributed by atoms with Crippen molar-refractivity contribution in [1.29, 1.82) is 0 Å². The van der Waals surface area contributed by atoms with Crippen molar-refractivity contribution in [3.8, 4) is 5.75 Å². The van der Waals surface area contributed by atoms with Gasteiger partial charge in [-0.05, 0) is 73.4 Å². The van der Waals surface area contributed by atoms with E-state index < -0.39 is 17.0 Å². The number of hydrogen-bond donors (Lipinski definition) is 2. The Morgan fingerprint density at radius 2 is 1.94 bits per heavy atom. The van der Waals surface area contributed by atoms with Gasteiger partial charge >= 0.3 is 0 Å². The zero-order valence-electron chi connectivity index (χ0n) is 17.3. The van der Waals surface area contributed by atoms with Crippen molar-refractivity contribution in [2.24, 2.45) is 5.73 Å². The first kappa shape index (κ1) is 21.8. The SMILES string of the molecule is CCC(N)[C@]1(c2ccc(F)c(F)c2)CC[C@H](Oc2cc3cc[nH]c(=O)c3cc2Cl)CC1. The predicted molar refractivity (Wildman–Crippen MR) is 119 cm³/mol. The number of pyridine rings is 1. The summed E-state index contributed by atoms with van der Waals surface area (Å²) < 4.78 is 33.6. The minimum Gasteiger partial charge on any atom is -0.489 e. The van der Waals surface area contributed by atoms with Crippen LogP contribution in [0.15, 0.2) is 47.4 Å². The van der Waals surface area contributed by atoms with Crippen LogP contribution in [-0.2, 0) is 5.41 Å². The molecule has 0 saturated heterocycles. The van der Waals surface area contributed by atoms with Crippen molar-refractivity contribution < 1.29 is 13.5 Å². The molecule has 1 aliphatic rings. The van der Waals surface area contributed by atoms with E-state index in [0.29, 0.717) is 41.8 Å². The number of nitrogens with two attached hydrogens (primary N) is 1. The zero-order valence-corrected chi connectivity index (χ0v) is 18.0. The number of rotatable bonds is 5. The summed E-state index contributed by atoms with van der Waals surface area (Å²) in [6.45, 7) is 2.01. The predicted octanol–water partition coefficient (Wildman–Crippen LogP) is 5.46. The number of fused-ring (bicyclic) bond motifs is 1. The third-order valence-corrected chi connectivity index (χ3v) is 6.88. The fraction of sp³-hybridized carbons (Fsp3) is 0.375. The summed E-state index contributed by atoms with van der Waals surface area (Å²) in [5.74, 6) is -1.17. The van der Waals surface area contributed by atoms with Crippen LogP contribution in [0.25, 0.3) is 10.8 Å². The molecule has 7 heteroatoms.